The Hall–Kier alpha value is -1.75. The lowest BCUT2D eigenvalue weighted by Gasteiger charge is -2.24. The van der Waals surface area contributed by atoms with Crippen molar-refractivity contribution in [3.05, 3.63) is 28.8 Å². The summed E-state index contributed by atoms with van der Waals surface area (Å²) < 4.78 is 5.51. The average Bonchev–Trinajstić information content (AvgIpc) is 3.27. The summed E-state index contributed by atoms with van der Waals surface area (Å²) in [5.74, 6) is -0.0143. The number of carbonyl (C=O) groups is 2. The van der Waals surface area contributed by atoms with Gasteiger partial charge < -0.3 is 15.4 Å². The summed E-state index contributed by atoms with van der Waals surface area (Å²) in [4.78, 5) is 25.6. The molecule has 0 saturated heterocycles. The molecule has 0 aromatic heterocycles. The number of halogens is 1. The lowest BCUT2D eigenvalue weighted by Crippen LogP contribution is -2.39. The SMILES string of the molecule is CC(C)CN(C(=O)COc1ccc(Cl)cc1C(N)=O)C1CC1. The van der Waals surface area contributed by atoms with E-state index in [4.69, 9.17) is 22.1 Å². The van der Waals surface area contributed by atoms with E-state index in [1.54, 1.807) is 12.1 Å². The van der Waals surface area contributed by atoms with Crippen LogP contribution in [0.3, 0.4) is 0 Å². The number of nitrogens with two attached hydrogens (primary N) is 1. The molecule has 1 aliphatic rings. The first-order chi connectivity index (χ1) is 10.4. The first-order valence-electron chi connectivity index (χ1n) is 7.40. The van der Waals surface area contributed by atoms with Crippen molar-refractivity contribution in [2.24, 2.45) is 11.7 Å². The second-order valence-corrected chi connectivity index (χ2v) is 6.40. The highest BCUT2D eigenvalue weighted by Crippen LogP contribution is 2.28. The smallest absolute Gasteiger partial charge is 0.260 e. The molecule has 2 amide bonds. The molecule has 2 rings (SSSR count). The fraction of sp³-hybridized carbons (Fsp3) is 0.500. The number of ether oxygens (including phenoxy) is 1. The van der Waals surface area contributed by atoms with Gasteiger partial charge in [-0.2, -0.15) is 0 Å². The number of hydrogen-bond acceptors (Lipinski definition) is 3. The van der Waals surface area contributed by atoms with Gasteiger partial charge in [0.1, 0.15) is 5.75 Å². The van der Waals surface area contributed by atoms with Crippen LogP contribution in [0, 0.1) is 5.92 Å². The number of hydrogen-bond donors (Lipinski definition) is 1. The lowest BCUT2D eigenvalue weighted by molar-refractivity contribution is -0.134. The van der Waals surface area contributed by atoms with Gasteiger partial charge in [-0.1, -0.05) is 25.4 Å². The topological polar surface area (TPSA) is 72.6 Å². The number of carbonyl (C=O) groups excluding carboxylic acids is 2. The average molecular weight is 325 g/mol. The van der Waals surface area contributed by atoms with E-state index >= 15 is 0 Å². The van der Waals surface area contributed by atoms with Crippen molar-refractivity contribution in [3.63, 3.8) is 0 Å². The third-order valence-corrected chi connectivity index (χ3v) is 3.66. The highest BCUT2D eigenvalue weighted by molar-refractivity contribution is 6.31. The van der Waals surface area contributed by atoms with E-state index in [2.05, 4.69) is 13.8 Å². The van der Waals surface area contributed by atoms with Crippen LogP contribution in [-0.2, 0) is 4.79 Å². The molecule has 0 radical (unpaired) electrons. The minimum atomic E-state index is -0.633. The van der Waals surface area contributed by atoms with Gasteiger partial charge in [-0.15, -0.1) is 0 Å². The van der Waals surface area contributed by atoms with E-state index in [9.17, 15) is 9.59 Å². The number of nitrogens with zero attached hydrogens (tertiary/aromatic N) is 1. The number of benzene rings is 1. The van der Waals surface area contributed by atoms with E-state index in [1.807, 2.05) is 4.90 Å². The molecule has 0 spiro atoms. The van der Waals surface area contributed by atoms with E-state index in [0.717, 1.165) is 19.4 Å². The Balaban J connectivity index is 2.02. The van der Waals surface area contributed by atoms with Crippen molar-refractivity contribution in [2.45, 2.75) is 32.7 Å². The van der Waals surface area contributed by atoms with E-state index < -0.39 is 5.91 Å². The number of rotatable bonds is 7. The van der Waals surface area contributed by atoms with Crippen molar-refractivity contribution < 1.29 is 14.3 Å². The van der Waals surface area contributed by atoms with Crippen LogP contribution in [0.1, 0.15) is 37.0 Å². The lowest BCUT2D eigenvalue weighted by atomic mass is 10.2. The number of amides is 2. The van der Waals surface area contributed by atoms with Crippen LogP contribution in [0.25, 0.3) is 0 Å². The van der Waals surface area contributed by atoms with Crippen LogP contribution < -0.4 is 10.5 Å². The Bertz CT molecular complexity index is 571. The Morgan fingerprint density at radius 2 is 2.09 bits per heavy atom. The van der Waals surface area contributed by atoms with E-state index in [-0.39, 0.29) is 23.8 Å². The fourth-order valence-electron chi connectivity index (χ4n) is 2.28. The normalized spacial score (nSPS) is 14.0. The second kappa shape index (κ2) is 7.01. The zero-order valence-electron chi connectivity index (χ0n) is 12.8. The Kier molecular flexibility index (Phi) is 5.29. The molecule has 1 fully saturated rings. The maximum absolute atomic E-state index is 12.3. The molecule has 0 aliphatic heterocycles. The standard InChI is InChI=1S/C16H21ClN2O3/c1-10(2)8-19(12-4-5-12)15(20)9-22-14-6-3-11(17)7-13(14)16(18)21/h3,6-7,10,12H,4-5,8-9H2,1-2H3,(H2,18,21). The Morgan fingerprint density at radius 3 is 2.64 bits per heavy atom. The van der Waals surface area contributed by atoms with Crippen LogP contribution in [-0.4, -0.2) is 35.9 Å². The molecule has 1 aromatic carbocycles. The van der Waals surface area contributed by atoms with Crippen molar-refractivity contribution in [1.82, 2.24) is 4.90 Å². The monoisotopic (exact) mass is 324 g/mol. The van der Waals surface area contributed by atoms with E-state index in [0.29, 0.717) is 17.0 Å². The van der Waals surface area contributed by atoms with Gasteiger partial charge in [0.25, 0.3) is 11.8 Å². The molecule has 2 N–H and O–H groups in total. The van der Waals surface area contributed by atoms with Crippen molar-refractivity contribution in [2.75, 3.05) is 13.2 Å². The predicted octanol–water partition coefficient (Wildman–Crippen LogP) is 2.46. The van der Waals surface area contributed by atoms with Crippen LogP contribution >= 0.6 is 11.6 Å². The molecule has 0 unspecified atom stereocenters. The molecule has 22 heavy (non-hydrogen) atoms. The molecule has 1 saturated carbocycles. The molecule has 120 valence electrons. The van der Waals surface area contributed by atoms with Crippen LogP contribution in [0.2, 0.25) is 5.02 Å². The van der Waals surface area contributed by atoms with Crippen molar-refractivity contribution in [3.8, 4) is 5.75 Å². The Labute approximate surface area is 135 Å². The van der Waals surface area contributed by atoms with Crippen molar-refractivity contribution >= 4 is 23.4 Å². The minimum absolute atomic E-state index is 0.0680. The summed E-state index contributed by atoms with van der Waals surface area (Å²) in [6, 6.07) is 4.93. The first kappa shape index (κ1) is 16.6. The molecule has 0 heterocycles. The summed E-state index contributed by atoms with van der Waals surface area (Å²) in [5.41, 5.74) is 5.48. The Morgan fingerprint density at radius 1 is 1.41 bits per heavy atom. The molecular weight excluding hydrogens is 304 g/mol. The van der Waals surface area contributed by atoms with Gasteiger partial charge in [0.05, 0.1) is 5.56 Å². The van der Waals surface area contributed by atoms with E-state index in [1.165, 1.54) is 6.07 Å². The van der Waals surface area contributed by atoms with Gasteiger partial charge in [0.15, 0.2) is 6.61 Å². The zero-order chi connectivity index (χ0) is 16.3. The maximum Gasteiger partial charge on any atom is 0.260 e. The highest BCUT2D eigenvalue weighted by atomic mass is 35.5. The van der Waals surface area contributed by atoms with Crippen LogP contribution in [0.4, 0.5) is 0 Å². The van der Waals surface area contributed by atoms with Crippen LogP contribution in [0.5, 0.6) is 5.75 Å². The maximum atomic E-state index is 12.3. The second-order valence-electron chi connectivity index (χ2n) is 5.96. The molecular formula is C16H21ClN2O3. The van der Waals surface area contributed by atoms with Gasteiger partial charge in [-0.3, -0.25) is 9.59 Å². The summed E-state index contributed by atoms with van der Waals surface area (Å²) in [7, 11) is 0. The molecule has 0 atom stereocenters. The highest BCUT2D eigenvalue weighted by Gasteiger charge is 2.33. The van der Waals surface area contributed by atoms with Crippen molar-refractivity contribution in [1.29, 1.82) is 0 Å². The number of primary amides is 1. The largest absolute Gasteiger partial charge is 0.483 e. The molecule has 1 aliphatic carbocycles. The van der Waals surface area contributed by atoms with Gasteiger partial charge in [0.2, 0.25) is 0 Å². The predicted molar refractivity (Wildman–Crippen MR) is 85.0 cm³/mol. The summed E-state index contributed by atoms with van der Waals surface area (Å²) >= 11 is 5.84. The summed E-state index contributed by atoms with van der Waals surface area (Å²) in [5, 5.41) is 0.395. The van der Waals surface area contributed by atoms with Gasteiger partial charge >= 0.3 is 0 Å². The third-order valence-electron chi connectivity index (χ3n) is 3.43. The molecule has 6 heteroatoms. The molecule has 1 aromatic rings. The zero-order valence-corrected chi connectivity index (χ0v) is 13.6. The third kappa shape index (κ3) is 4.37. The minimum Gasteiger partial charge on any atom is -0.483 e. The van der Waals surface area contributed by atoms with Crippen LogP contribution in [0.15, 0.2) is 18.2 Å². The van der Waals surface area contributed by atoms with Gasteiger partial charge in [-0.25, -0.2) is 0 Å². The van der Waals surface area contributed by atoms with Gasteiger partial charge in [-0.05, 0) is 37.0 Å². The first-order valence-corrected chi connectivity index (χ1v) is 7.78. The fourth-order valence-corrected chi connectivity index (χ4v) is 2.45. The molecule has 5 nitrogen and oxygen atoms in total. The summed E-state index contributed by atoms with van der Waals surface area (Å²) in [6.45, 7) is 4.77. The molecule has 0 bridgehead atoms. The van der Waals surface area contributed by atoms with Gasteiger partial charge in [0, 0.05) is 17.6 Å². The summed E-state index contributed by atoms with van der Waals surface area (Å²) in [6.07, 6.45) is 2.10. The quantitative estimate of drug-likeness (QED) is 0.837.